The van der Waals surface area contributed by atoms with Gasteiger partial charge >= 0.3 is 0 Å². The van der Waals surface area contributed by atoms with Crippen LogP contribution in [0.15, 0.2) is 48.5 Å². The first-order chi connectivity index (χ1) is 7.34. The fourth-order valence-electron chi connectivity index (χ4n) is 2.04. The maximum Gasteiger partial charge on any atom is -0.00987 e. The number of fused-ring (bicyclic) bond motifs is 3. The fourth-order valence-corrected chi connectivity index (χ4v) is 2.04. The smallest absolute Gasteiger partial charge is 0.00987 e. The molecule has 0 heterocycles. The Morgan fingerprint density at radius 2 is 1.80 bits per heavy atom. The molecule has 0 aliphatic rings. The summed E-state index contributed by atoms with van der Waals surface area (Å²) in [5, 5.41) is 5.10. The van der Waals surface area contributed by atoms with Crippen LogP contribution in [-0.4, -0.2) is 0 Å². The second kappa shape index (κ2) is 3.09. The second-order valence-corrected chi connectivity index (χ2v) is 3.92. The van der Waals surface area contributed by atoms with Gasteiger partial charge in [-0.3, -0.25) is 0 Å². The summed E-state index contributed by atoms with van der Waals surface area (Å²) < 4.78 is 0. The molecule has 0 unspecified atom stereocenters. The summed E-state index contributed by atoms with van der Waals surface area (Å²) in [6, 6.07) is 20.3. The molecule has 0 aliphatic heterocycles. The van der Waals surface area contributed by atoms with Crippen LogP contribution in [0.4, 0.5) is 0 Å². The molecule has 0 bridgehead atoms. The van der Waals surface area contributed by atoms with Gasteiger partial charge in [0.1, 0.15) is 0 Å². The van der Waals surface area contributed by atoms with Crippen LogP contribution in [0.3, 0.4) is 0 Å². The van der Waals surface area contributed by atoms with Crippen molar-refractivity contribution in [3.05, 3.63) is 60.2 Å². The zero-order chi connectivity index (χ0) is 10.3. The van der Waals surface area contributed by atoms with Gasteiger partial charge in [0.25, 0.3) is 0 Å². The largest absolute Gasteiger partial charge is 0.0610 e. The highest BCUT2D eigenvalue weighted by molar-refractivity contribution is 6.07. The molecule has 0 fully saturated rings. The zero-order valence-corrected chi connectivity index (χ0v) is 8.62. The molecule has 0 heteroatoms. The Morgan fingerprint density at radius 3 is 2.73 bits per heavy atom. The van der Waals surface area contributed by atoms with Gasteiger partial charge in [-0.2, -0.15) is 0 Å². The molecule has 0 saturated carbocycles. The van der Waals surface area contributed by atoms with Gasteiger partial charge in [0.05, 0.1) is 0 Å². The van der Waals surface area contributed by atoms with Gasteiger partial charge in [0, 0.05) is 0 Å². The monoisotopic (exact) mass is 191 g/mol. The van der Waals surface area contributed by atoms with Crippen molar-refractivity contribution in [3.8, 4) is 0 Å². The first-order valence-corrected chi connectivity index (χ1v) is 5.14. The van der Waals surface area contributed by atoms with Crippen LogP contribution in [0.2, 0.25) is 0 Å². The number of benzene rings is 3. The van der Waals surface area contributed by atoms with Crippen molar-refractivity contribution in [1.82, 2.24) is 0 Å². The first-order valence-electron chi connectivity index (χ1n) is 5.14. The number of hydrogen-bond donors (Lipinski definition) is 0. The van der Waals surface area contributed by atoms with Crippen LogP contribution in [0, 0.1) is 13.0 Å². The number of aryl methyl sites for hydroxylation is 1. The van der Waals surface area contributed by atoms with Crippen LogP contribution < -0.4 is 0 Å². The third-order valence-electron chi connectivity index (χ3n) is 2.82. The molecule has 0 atom stereocenters. The van der Waals surface area contributed by atoms with E-state index in [1.54, 1.807) is 0 Å². The molecular formula is C15H11. The Bertz CT molecular complexity index is 636. The predicted octanol–water partition coefficient (Wildman–Crippen LogP) is 4.10. The maximum atomic E-state index is 3.26. The molecule has 0 aliphatic carbocycles. The molecule has 71 valence electrons. The van der Waals surface area contributed by atoms with Gasteiger partial charge in [0.15, 0.2) is 0 Å². The lowest BCUT2D eigenvalue weighted by atomic mass is 10.0. The number of hydrogen-bond acceptors (Lipinski definition) is 0. The average Bonchev–Trinajstić information content (AvgIpc) is 2.29. The van der Waals surface area contributed by atoms with E-state index in [2.05, 4.69) is 49.4 Å². The van der Waals surface area contributed by atoms with Crippen LogP contribution >= 0.6 is 0 Å². The van der Waals surface area contributed by atoms with Crippen molar-refractivity contribution in [3.63, 3.8) is 0 Å². The quantitative estimate of drug-likeness (QED) is 0.469. The molecule has 0 nitrogen and oxygen atoms in total. The molecule has 1 radical (unpaired) electrons. The molecule has 0 amide bonds. The summed E-state index contributed by atoms with van der Waals surface area (Å²) in [6.07, 6.45) is 0. The standard InChI is InChI=1S/C15H11/c1-11-6-7-13-9-8-12-4-2-3-5-14(12)15(13)10-11/h2-3,5-10H,1H3. The summed E-state index contributed by atoms with van der Waals surface area (Å²) in [5.41, 5.74) is 1.30. The highest BCUT2D eigenvalue weighted by Gasteiger charge is 1.99. The molecule has 3 aromatic carbocycles. The predicted molar refractivity (Wildman–Crippen MR) is 65.0 cm³/mol. The third kappa shape index (κ3) is 1.30. The highest BCUT2D eigenvalue weighted by atomic mass is 14.0. The minimum absolute atomic E-state index is 1.19. The van der Waals surface area contributed by atoms with E-state index in [0.29, 0.717) is 0 Å². The summed E-state index contributed by atoms with van der Waals surface area (Å²) in [7, 11) is 0. The summed E-state index contributed by atoms with van der Waals surface area (Å²) in [5.74, 6) is 0. The Balaban J connectivity index is 2.57. The van der Waals surface area contributed by atoms with E-state index < -0.39 is 0 Å². The van der Waals surface area contributed by atoms with E-state index in [4.69, 9.17) is 0 Å². The SMILES string of the molecule is Cc1ccc2ccc3[c]cccc3c2c1. The van der Waals surface area contributed by atoms with Crippen molar-refractivity contribution in [2.75, 3.05) is 0 Å². The van der Waals surface area contributed by atoms with Gasteiger partial charge in [-0.1, -0.05) is 54.1 Å². The maximum absolute atomic E-state index is 3.26. The van der Waals surface area contributed by atoms with E-state index in [1.165, 1.54) is 27.1 Å². The minimum Gasteiger partial charge on any atom is -0.0610 e. The molecule has 3 aromatic rings. The first kappa shape index (κ1) is 8.49. The lowest BCUT2D eigenvalue weighted by Gasteiger charge is -2.04. The van der Waals surface area contributed by atoms with Crippen molar-refractivity contribution in [2.45, 2.75) is 6.92 Å². The second-order valence-electron chi connectivity index (χ2n) is 3.92. The molecular weight excluding hydrogens is 180 g/mol. The minimum atomic E-state index is 1.19. The van der Waals surface area contributed by atoms with Crippen molar-refractivity contribution >= 4 is 21.5 Å². The van der Waals surface area contributed by atoms with Crippen molar-refractivity contribution < 1.29 is 0 Å². The third-order valence-corrected chi connectivity index (χ3v) is 2.82. The fraction of sp³-hybridized carbons (Fsp3) is 0.0667. The molecule has 3 rings (SSSR count). The van der Waals surface area contributed by atoms with Crippen LogP contribution in [0.25, 0.3) is 21.5 Å². The lowest BCUT2D eigenvalue weighted by Crippen LogP contribution is -1.78. The molecule has 15 heavy (non-hydrogen) atoms. The summed E-state index contributed by atoms with van der Waals surface area (Å²) >= 11 is 0. The van der Waals surface area contributed by atoms with Gasteiger partial charge in [-0.15, -0.1) is 0 Å². The van der Waals surface area contributed by atoms with Crippen molar-refractivity contribution in [1.29, 1.82) is 0 Å². The Hall–Kier alpha value is -1.82. The summed E-state index contributed by atoms with van der Waals surface area (Å²) in [4.78, 5) is 0. The van der Waals surface area contributed by atoms with E-state index >= 15 is 0 Å². The average molecular weight is 191 g/mol. The molecule has 0 spiro atoms. The van der Waals surface area contributed by atoms with E-state index in [1.807, 2.05) is 12.1 Å². The highest BCUT2D eigenvalue weighted by Crippen LogP contribution is 2.25. The van der Waals surface area contributed by atoms with Crippen LogP contribution in [-0.2, 0) is 0 Å². The Labute approximate surface area is 89.2 Å². The summed E-state index contributed by atoms with van der Waals surface area (Å²) in [6.45, 7) is 2.13. The van der Waals surface area contributed by atoms with Gasteiger partial charge < -0.3 is 0 Å². The van der Waals surface area contributed by atoms with Gasteiger partial charge in [-0.25, -0.2) is 0 Å². The molecule has 0 N–H and O–H groups in total. The van der Waals surface area contributed by atoms with E-state index in [9.17, 15) is 0 Å². The topological polar surface area (TPSA) is 0 Å². The van der Waals surface area contributed by atoms with E-state index in [-0.39, 0.29) is 0 Å². The van der Waals surface area contributed by atoms with Gasteiger partial charge in [0.2, 0.25) is 0 Å². The van der Waals surface area contributed by atoms with Crippen LogP contribution in [0.5, 0.6) is 0 Å². The molecule has 0 aromatic heterocycles. The number of rotatable bonds is 0. The normalized spacial score (nSPS) is 11.0. The van der Waals surface area contributed by atoms with Crippen molar-refractivity contribution in [2.24, 2.45) is 0 Å². The van der Waals surface area contributed by atoms with E-state index in [0.717, 1.165) is 0 Å². The lowest BCUT2D eigenvalue weighted by molar-refractivity contribution is 1.51. The Kier molecular flexibility index (Phi) is 1.75. The zero-order valence-electron chi connectivity index (χ0n) is 8.62. The molecule has 0 saturated heterocycles. The van der Waals surface area contributed by atoms with Crippen LogP contribution in [0.1, 0.15) is 5.56 Å². The van der Waals surface area contributed by atoms with Gasteiger partial charge in [-0.05, 0) is 34.5 Å². The Morgan fingerprint density at radius 1 is 0.933 bits per heavy atom.